The van der Waals surface area contributed by atoms with Crippen LogP contribution in [0.5, 0.6) is 11.5 Å². The highest BCUT2D eigenvalue weighted by atomic mass is 19.1. The standard InChI is InChI=1S/C25H21FN4O3.H2/c1-15-2-7-20(26)21(10-15)30-24(31)11-16-3-5-18(6-4-16)33-19-8-9-28-23(13-19)22-12-17(14-29-22)25(27)32;/h2-10,12-14,29H,11H2,1H3,(H2,27,32)(H,30,31);1H. The molecule has 0 aliphatic heterocycles. The SMILES string of the molecule is Cc1ccc(F)c(NC(=O)Cc2ccc(Oc3ccnc(-c4cc(C(N)=O)c[nH]4)c3)cc2)c1.[HH]. The summed E-state index contributed by atoms with van der Waals surface area (Å²) in [5.74, 6) is -0.184. The molecule has 2 heterocycles. The summed E-state index contributed by atoms with van der Waals surface area (Å²) in [7, 11) is 0. The van der Waals surface area contributed by atoms with Crippen LogP contribution in [0.1, 0.15) is 22.9 Å². The third-order valence-corrected chi connectivity index (χ3v) is 4.89. The van der Waals surface area contributed by atoms with Crippen molar-refractivity contribution in [2.75, 3.05) is 5.32 Å². The van der Waals surface area contributed by atoms with E-state index < -0.39 is 11.7 Å². The van der Waals surface area contributed by atoms with Crippen molar-refractivity contribution >= 4 is 17.5 Å². The fourth-order valence-electron chi connectivity index (χ4n) is 3.23. The van der Waals surface area contributed by atoms with Crippen LogP contribution >= 0.6 is 0 Å². The lowest BCUT2D eigenvalue weighted by atomic mass is 10.1. The molecule has 0 fully saturated rings. The zero-order valence-electron chi connectivity index (χ0n) is 17.8. The molecular weight excluding hydrogens is 423 g/mol. The lowest BCUT2D eigenvalue weighted by Crippen LogP contribution is -2.15. The number of ether oxygens (including phenoxy) is 1. The minimum Gasteiger partial charge on any atom is -0.457 e. The van der Waals surface area contributed by atoms with E-state index in [0.29, 0.717) is 28.5 Å². The van der Waals surface area contributed by atoms with Crippen molar-refractivity contribution in [2.24, 2.45) is 5.73 Å². The Morgan fingerprint density at radius 1 is 1.09 bits per heavy atom. The number of anilines is 1. The van der Waals surface area contributed by atoms with E-state index in [4.69, 9.17) is 10.5 Å². The largest absolute Gasteiger partial charge is 0.457 e. The summed E-state index contributed by atoms with van der Waals surface area (Å²) >= 11 is 0. The fraction of sp³-hybridized carbons (Fsp3) is 0.0800. The van der Waals surface area contributed by atoms with Gasteiger partial charge in [0.1, 0.15) is 17.3 Å². The molecule has 0 spiro atoms. The summed E-state index contributed by atoms with van der Waals surface area (Å²) in [5, 5.41) is 2.60. The maximum Gasteiger partial charge on any atom is 0.250 e. The molecule has 0 atom stereocenters. The predicted octanol–water partition coefficient (Wildman–Crippen LogP) is 4.84. The minimum absolute atomic E-state index is 0. The Labute approximate surface area is 190 Å². The van der Waals surface area contributed by atoms with E-state index >= 15 is 0 Å². The number of halogens is 1. The van der Waals surface area contributed by atoms with Crippen LogP contribution in [0.15, 0.2) is 73.1 Å². The Kier molecular flexibility index (Phi) is 6.17. The van der Waals surface area contributed by atoms with Crippen LogP contribution < -0.4 is 15.8 Å². The van der Waals surface area contributed by atoms with E-state index in [-0.39, 0.29) is 19.4 Å². The zero-order chi connectivity index (χ0) is 23.4. The maximum atomic E-state index is 13.8. The molecule has 0 saturated carbocycles. The van der Waals surface area contributed by atoms with Crippen molar-refractivity contribution in [2.45, 2.75) is 13.3 Å². The molecule has 2 aromatic carbocycles. The number of hydrogen-bond donors (Lipinski definition) is 3. The molecule has 0 aliphatic carbocycles. The quantitative estimate of drug-likeness (QED) is 0.377. The number of aryl methyl sites for hydroxylation is 1. The fourth-order valence-corrected chi connectivity index (χ4v) is 3.23. The Balaban J connectivity index is 0.00000324. The van der Waals surface area contributed by atoms with Gasteiger partial charge in [0.25, 0.3) is 0 Å². The van der Waals surface area contributed by atoms with E-state index in [1.54, 1.807) is 60.8 Å². The number of H-pyrrole nitrogens is 1. The van der Waals surface area contributed by atoms with Crippen LogP contribution in [-0.2, 0) is 11.2 Å². The number of nitrogens with zero attached hydrogens (tertiary/aromatic N) is 1. The molecule has 0 unspecified atom stereocenters. The van der Waals surface area contributed by atoms with Gasteiger partial charge >= 0.3 is 0 Å². The van der Waals surface area contributed by atoms with E-state index in [1.807, 2.05) is 6.92 Å². The molecular formula is C25H23FN4O3. The molecule has 168 valence electrons. The smallest absolute Gasteiger partial charge is 0.250 e. The molecule has 8 heteroatoms. The first-order chi connectivity index (χ1) is 15.9. The van der Waals surface area contributed by atoms with Gasteiger partial charge in [0.15, 0.2) is 0 Å². The second kappa shape index (κ2) is 9.35. The lowest BCUT2D eigenvalue weighted by Gasteiger charge is -2.09. The number of amides is 2. The van der Waals surface area contributed by atoms with Crippen LogP contribution in [0.3, 0.4) is 0 Å². The van der Waals surface area contributed by atoms with Crippen molar-refractivity contribution in [3.8, 4) is 22.9 Å². The number of benzene rings is 2. The first kappa shape index (κ1) is 21.8. The van der Waals surface area contributed by atoms with Gasteiger partial charge < -0.3 is 20.8 Å². The Morgan fingerprint density at radius 3 is 2.61 bits per heavy atom. The minimum atomic E-state index is -0.525. The summed E-state index contributed by atoms with van der Waals surface area (Å²) < 4.78 is 19.7. The molecule has 2 amide bonds. The summed E-state index contributed by atoms with van der Waals surface area (Å²) in [6.45, 7) is 1.83. The molecule has 2 aromatic heterocycles. The summed E-state index contributed by atoms with van der Waals surface area (Å²) in [6.07, 6.45) is 3.22. The van der Waals surface area contributed by atoms with Crippen LogP contribution in [0, 0.1) is 12.7 Å². The van der Waals surface area contributed by atoms with Crippen LogP contribution in [0.4, 0.5) is 10.1 Å². The number of carbonyl (C=O) groups excluding carboxylic acids is 2. The number of pyridine rings is 1. The molecule has 0 saturated heterocycles. The number of rotatable bonds is 7. The molecule has 4 rings (SSSR count). The molecule has 4 aromatic rings. The highest BCUT2D eigenvalue weighted by Gasteiger charge is 2.10. The van der Waals surface area contributed by atoms with E-state index in [2.05, 4.69) is 15.3 Å². The second-order valence-corrected chi connectivity index (χ2v) is 7.50. The second-order valence-electron chi connectivity index (χ2n) is 7.50. The monoisotopic (exact) mass is 446 g/mol. The summed E-state index contributed by atoms with van der Waals surface area (Å²) in [5.41, 5.74) is 8.66. The molecule has 4 N–H and O–H groups in total. The number of nitrogens with one attached hydrogen (secondary N) is 2. The number of nitrogens with two attached hydrogens (primary N) is 1. The highest BCUT2D eigenvalue weighted by Crippen LogP contribution is 2.26. The van der Waals surface area contributed by atoms with Gasteiger partial charge in [0.2, 0.25) is 11.8 Å². The van der Waals surface area contributed by atoms with Crippen LogP contribution in [0.2, 0.25) is 0 Å². The zero-order valence-corrected chi connectivity index (χ0v) is 17.8. The molecule has 0 aliphatic rings. The van der Waals surface area contributed by atoms with Crippen LogP contribution in [-0.4, -0.2) is 21.8 Å². The lowest BCUT2D eigenvalue weighted by molar-refractivity contribution is -0.115. The van der Waals surface area contributed by atoms with Crippen molar-refractivity contribution in [3.63, 3.8) is 0 Å². The third kappa shape index (κ3) is 5.43. The maximum absolute atomic E-state index is 13.8. The first-order valence-corrected chi connectivity index (χ1v) is 10.1. The number of aromatic amines is 1. The Bertz CT molecular complexity index is 1320. The van der Waals surface area contributed by atoms with E-state index in [9.17, 15) is 14.0 Å². The van der Waals surface area contributed by atoms with Crippen molar-refractivity contribution < 1.29 is 20.1 Å². The molecule has 33 heavy (non-hydrogen) atoms. The summed E-state index contributed by atoms with van der Waals surface area (Å²) in [6, 6.07) is 16.7. The van der Waals surface area contributed by atoms with Gasteiger partial charge in [-0.1, -0.05) is 18.2 Å². The van der Waals surface area contributed by atoms with Crippen molar-refractivity contribution in [1.29, 1.82) is 0 Å². The van der Waals surface area contributed by atoms with Gasteiger partial charge in [-0.2, -0.15) is 0 Å². The number of primary amides is 1. The molecule has 0 bridgehead atoms. The van der Waals surface area contributed by atoms with E-state index in [1.165, 1.54) is 12.3 Å². The normalized spacial score (nSPS) is 10.6. The van der Waals surface area contributed by atoms with Gasteiger partial charge in [0, 0.05) is 19.9 Å². The van der Waals surface area contributed by atoms with Gasteiger partial charge in [0.05, 0.1) is 29.1 Å². The average molecular weight is 446 g/mol. The van der Waals surface area contributed by atoms with Crippen LogP contribution in [0.25, 0.3) is 11.4 Å². The Hall–Kier alpha value is -4.46. The number of aromatic nitrogens is 2. The van der Waals surface area contributed by atoms with Gasteiger partial charge in [-0.05, 0) is 54.4 Å². The summed E-state index contributed by atoms with van der Waals surface area (Å²) in [4.78, 5) is 30.8. The average Bonchev–Trinajstić information content (AvgIpc) is 3.29. The highest BCUT2D eigenvalue weighted by molar-refractivity contribution is 5.94. The number of carbonyl (C=O) groups is 2. The Morgan fingerprint density at radius 2 is 1.88 bits per heavy atom. The predicted molar refractivity (Wildman–Crippen MR) is 125 cm³/mol. The first-order valence-electron chi connectivity index (χ1n) is 10.1. The molecule has 0 radical (unpaired) electrons. The van der Waals surface area contributed by atoms with Crippen molar-refractivity contribution in [1.82, 2.24) is 9.97 Å². The van der Waals surface area contributed by atoms with E-state index in [0.717, 1.165) is 11.1 Å². The van der Waals surface area contributed by atoms with Gasteiger partial charge in [-0.15, -0.1) is 0 Å². The topological polar surface area (TPSA) is 110 Å². The molecule has 7 nitrogen and oxygen atoms in total. The third-order valence-electron chi connectivity index (χ3n) is 4.89. The van der Waals surface area contributed by atoms with Crippen molar-refractivity contribution in [3.05, 3.63) is 95.6 Å². The van der Waals surface area contributed by atoms with Gasteiger partial charge in [-0.3, -0.25) is 14.6 Å². The van der Waals surface area contributed by atoms with Gasteiger partial charge in [-0.25, -0.2) is 4.39 Å². The number of hydrogen-bond acceptors (Lipinski definition) is 4.